The number of aromatic nitrogens is 6. The molecule has 0 atom stereocenters. The number of thiophene rings is 1. The molecule has 0 aliphatic carbocycles. The van der Waals surface area contributed by atoms with Crippen LogP contribution in [0.25, 0.3) is 10.2 Å². The van der Waals surface area contributed by atoms with E-state index in [0.717, 1.165) is 0 Å². The molecule has 0 saturated carbocycles. The molecule has 0 bridgehead atoms. The van der Waals surface area contributed by atoms with Crippen molar-refractivity contribution < 1.29 is 4.79 Å². The summed E-state index contributed by atoms with van der Waals surface area (Å²) in [5.41, 5.74) is 0.367. The second kappa shape index (κ2) is 4.81. The highest BCUT2D eigenvalue weighted by molar-refractivity contribution is 7.20. The first-order chi connectivity index (χ1) is 9.66. The number of fused-ring (bicyclic) bond motifs is 1. The molecule has 20 heavy (non-hydrogen) atoms. The molecule has 3 aromatic heterocycles. The normalized spacial score (nSPS) is 10.8. The fourth-order valence-electron chi connectivity index (χ4n) is 1.79. The van der Waals surface area contributed by atoms with Gasteiger partial charge in [-0.05, 0) is 12.5 Å². The highest BCUT2D eigenvalue weighted by Crippen LogP contribution is 2.26. The first-order valence-electron chi connectivity index (χ1n) is 5.64. The number of carbonyl (C=O) groups excluding carboxylic acids is 1. The predicted molar refractivity (Wildman–Crippen MR) is 70.3 cm³/mol. The van der Waals surface area contributed by atoms with Gasteiger partial charge in [0.2, 0.25) is 0 Å². The number of aromatic amines is 2. The van der Waals surface area contributed by atoms with Crippen LogP contribution in [0.15, 0.2) is 11.1 Å². The summed E-state index contributed by atoms with van der Waals surface area (Å²) in [6, 6.07) is 0. The Morgan fingerprint density at radius 1 is 1.50 bits per heavy atom. The predicted octanol–water partition coefficient (Wildman–Crippen LogP) is -0.264. The van der Waals surface area contributed by atoms with E-state index in [0.29, 0.717) is 26.5 Å². The Labute approximate surface area is 115 Å². The number of amides is 1. The monoisotopic (exact) mass is 291 g/mol. The smallest absolute Gasteiger partial charge is 0.262 e. The van der Waals surface area contributed by atoms with Crippen molar-refractivity contribution in [1.82, 2.24) is 35.9 Å². The van der Waals surface area contributed by atoms with Gasteiger partial charge < -0.3 is 10.3 Å². The van der Waals surface area contributed by atoms with Gasteiger partial charge in [-0.1, -0.05) is 5.21 Å². The molecule has 0 spiro atoms. The van der Waals surface area contributed by atoms with E-state index in [4.69, 9.17) is 0 Å². The summed E-state index contributed by atoms with van der Waals surface area (Å²) in [7, 11) is 0. The molecule has 102 valence electrons. The van der Waals surface area contributed by atoms with Crippen molar-refractivity contribution in [3.63, 3.8) is 0 Å². The van der Waals surface area contributed by atoms with Gasteiger partial charge >= 0.3 is 0 Å². The molecular weight excluding hydrogens is 282 g/mol. The lowest BCUT2D eigenvalue weighted by Crippen LogP contribution is -2.23. The first kappa shape index (κ1) is 12.4. The summed E-state index contributed by atoms with van der Waals surface area (Å²) in [5.74, 6) is 0.0859. The summed E-state index contributed by atoms with van der Waals surface area (Å²) < 4.78 is 0. The zero-order valence-electron chi connectivity index (χ0n) is 10.3. The Balaban J connectivity index is 1.90. The molecule has 0 unspecified atom stereocenters. The van der Waals surface area contributed by atoms with Crippen LogP contribution in [0.3, 0.4) is 0 Å². The number of nitrogens with one attached hydrogen (secondary N) is 3. The minimum absolute atomic E-state index is 0.160. The van der Waals surface area contributed by atoms with E-state index in [1.165, 1.54) is 17.7 Å². The zero-order valence-corrected chi connectivity index (χ0v) is 11.1. The molecule has 0 aliphatic rings. The van der Waals surface area contributed by atoms with E-state index in [1.807, 2.05) is 0 Å². The van der Waals surface area contributed by atoms with Crippen LogP contribution in [0.2, 0.25) is 0 Å². The summed E-state index contributed by atoms with van der Waals surface area (Å²) in [6.07, 6.45) is 1.32. The van der Waals surface area contributed by atoms with Gasteiger partial charge in [-0.25, -0.2) is 4.98 Å². The van der Waals surface area contributed by atoms with Crippen LogP contribution < -0.4 is 10.9 Å². The minimum Gasteiger partial charge on any atom is -0.344 e. The van der Waals surface area contributed by atoms with E-state index >= 15 is 0 Å². The average Bonchev–Trinajstić information content (AvgIpc) is 3.05. The second-order valence-electron chi connectivity index (χ2n) is 3.98. The summed E-state index contributed by atoms with van der Waals surface area (Å²) >= 11 is 1.18. The molecule has 0 aromatic carbocycles. The molecule has 3 aromatic rings. The fraction of sp³-hybridized carbons (Fsp3) is 0.200. The number of aryl methyl sites for hydroxylation is 1. The third kappa shape index (κ3) is 2.05. The lowest BCUT2D eigenvalue weighted by atomic mass is 10.2. The quantitative estimate of drug-likeness (QED) is 0.609. The lowest BCUT2D eigenvalue weighted by Gasteiger charge is -2.00. The van der Waals surface area contributed by atoms with E-state index < -0.39 is 0 Å². The van der Waals surface area contributed by atoms with Crippen LogP contribution in [0.1, 0.15) is 21.1 Å². The maximum Gasteiger partial charge on any atom is 0.262 e. The largest absolute Gasteiger partial charge is 0.344 e. The molecule has 3 rings (SSSR count). The van der Waals surface area contributed by atoms with Crippen molar-refractivity contribution in [1.29, 1.82) is 0 Å². The number of hydrogen-bond acceptors (Lipinski definition) is 7. The first-order valence-corrected chi connectivity index (χ1v) is 6.46. The SMILES string of the molecule is Cc1c(C(=O)NCc2nn[nH]n2)sc2nc[nH]c(=O)c12. The summed E-state index contributed by atoms with van der Waals surface area (Å²) in [5, 5.41) is 16.3. The highest BCUT2D eigenvalue weighted by Gasteiger charge is 2.18. The average molecular weight is 291 g/mol. The Morgan fingerprint density at radius 3 is 3.05 bits per heavy atom. The summed E-state index contributed by atoms with van der Waals surface area (Å²) in [6.45, 7) is 1.88. The molecule has 9 nitrogen and oxygen atoms in total. The maximum atomic E-state index is 12.1. The van der Waals surface area contributed by atoms with Crippen LogP contribution >= 0.6 is 11.3 Å². The van der Waals surface area contributed by atoms with Gasteiger partial charge in [0, 0.05) is 0 Å². The molecule has 0 aliphatic heterocycles. The molecule has 10 heteroatoms. The van der Waals surface area contributed by atoms with Crippen molar-refractivity contribution in [3.05, 3.63) is 32.9 Å². The Morgan fingerprint density at radius 2 is 2.35 bits per heavy atom. The Kier molecular flexibility index (Phi) is 2.99. The Bertz CT molecular complexity index is 820. The highest BCUT2D eigenvalue weighted by atomic mass is 32.1. The second-order valence-corrected chi connectivity index (χ2v) is 4.98. The lowest BCUT2D eigenvalue weighted by molar-refractivity contribution is 0.0953. The van der Waals surface area contributed by atoms with Gasteiger partial charge in [-0.3, -0.25) is 9.59 Å². The molecule has 1 amide bonds. The number of nitrogens with zero attached hydrogens (tertiary/aromatic N) is 4. The van der Waals surface area contributed by atoms with Gasteiger partial charge in [0.15, 0.2) is 5.82 Å². The molecule has 3 N–H and O–H groups in total. The van der Waals surface area contributed by atoms with Gasteiger partial charge in [-0.2, -0.15) is 5.21 Å². The summed E-state index contributed by atoms with van der Waals surface area (Å²) in [4.78, 5) is 31.4. The molecule has 0 radical (unpaired) electrons. The van der Waals surface area contributed by atoms with E-state index in [2.05, 4.69) is 35.9 Å². The fourth-order valence-corrected chi connectivity index (χ4v) is 2.86. The standard InChI is InChI=1S/C10H9N7O2S/c1-4-6-8(18)12-3-13-10(6)20-7(4)9(19)11-2-5-14-16-17-15-5/h3H,2H2,1H3,(H,11,19)(H,12,13,18)(H,14,15,16,17). The third-order valence-corrected chi connectivity index (χ3v) is 3.93. The Hall–Kier alpha value is -2.62. The number of carbonyl (C=O) groups is 1. The topological polar surface area (TPSA) is 129 Å². The van der Waals surface area contributed by atoms with Crippen LogP contribution in [0, 0.1) is 6.92 Å². The number of hydrogen-bond donors (Lipinski definition) is 3. The number of tetrazole rings is 1. The molecule has 0 saturated heterocycles. The molecule has 3 heterocycles. The van der Waals surface area contributed by atoms with Gasteiger partial charge in [0.05, 0.1) is 23.1 Å². The van der Waals surface area contributed by atoms with Crippen LogP contribution in [0.4, 0.5) is 0 Å². The number of rotatable bonds is 3. The van der Waals surface area contributed by atoms with E-state index in [-0.39, 0.29) is 18.0 Å². The van der Waals surface area contributed by atoms with Crippen LogP contribution in [-0.4, -0.2) is 36.5 Å². The zero-order chi connectivity index (χ0) is 14.1. The van der Waals surface area contributed by atoms with Crippen molar-refractivity contribution in [2.24, 2.45) is 0 Å². The van der Waals surface area contributed by atoms with Crippen LogP contribution in [0.5, 0.6) is 0 Å². The van der Waals surface area contributed by atoms with Crippen molar-refractivity contribution in [2.45, 2.75) is 13.5 Å². The minimum atomic E-state index is -0.297. The van der Waals surface area contributed by atoms with E-state index in [1.54, 1.807) is 6.92 Å². The third-order valence-electron chi connectivity index (χ3n) is 2.74. The van der Waals surface area contributed by atoms with E-state index in [9.17, 15) is 9.59 Å². The van der Waals surface area contributed by atoms with Crippen molar-refractivity contribution in [2.75, 3.05) is 0 Å². The van der Waals surface area contributed by atoms with Crippen molar-refractivity contribution >= 4 is 27.5 Å². The van der Waals surface area contributed by atoms with Crippen LogP contribution in [-0.2, 0) is 6.54 Å². The number of H-pyrrole nitrogens is 2. The van der Waals surface area contributed by atoms with Crippen molar-refractivity contribution in [3.8, 4) is 0 Å². The van der Waals surface area contributed by atoms with Gasteiger partial charge in [0.1, 0.15) is 4.83 Å². The van der Waals surface area contributed by atoms with Gasteiger partial charge in [0.25, 0.3) is 11.5 Å². The molecule has 0 fully saturated rings. The van der Waals surface area contributed by atoms with Gasteiger partial charge in [-0.15, -0.1) is 21.5 Å². The maximum absolute atomic E-state index is 12.1. The molecular formula is C10H9N7O2S.